The van der Waals surface area contributed by atoms with Crippen LogP contribution in [-0.4, -0.2) is 29.1 Å². The molecule has 1 N–H and O–H groups in total. The molecule has 0 radical (unpaired) electrons. The molecule has 102 valence electrons. The molecule has 4 unspecified atom stereocenters. The SMILES string of the molecule is CCCC1CC1N1C(=O)C(C)NC1C1CCCC1. The van der Waals surface area contributed by atoms with E-state index in [2.05, 4.69) is 17.1 Å². The highest BCUT2D eigenvalue weighted by Gasteiger charge is 2.51. The maximum absolute atomic E-state index is 12.4. The predicted octanol–water partition coefficient (Wildman–Crippen LogP) is 2.51. The van der Waals surface area contributed by atoms with E-state index in [1.165, 1.54) is 44.9 Å². The molecule has 1 amide bonds. The lowest BCUT2D eigenvalue weighted by molar-refractivity contribution is -0.131. The molecule has 3 rings (SSSR count). The lowest BCUT2D eigenvalue weighted by Gasteiger charge is -2.29. The summed E-state index contributed by atoms with van der Waals surface area (Å²) in [6.07, 6.45) is 9.45. The summed E-state index contributed by atoms with van der Waals surface area (Å²) in [5, 5.41) is 3.56. The van der Waals surface area contributed by atoms with Gasteiger partial charge in [-0.2, -0.15) is 0 Å². The van der Waals surface area contributed by atoms with Crippen molar-refractivity contribution in [2.75, 3.05) is 0 Å². The first-order valence-corrected chi connectivity index (χ1v) is 7.80. The third-order valence-electron chi connectivity index (χ3n) is 5.09. The fraction of sp³-hybridized carbons (Fsp3) is 0.933. The Kier molecular flexibility index (Phi) is 3.35. The zero-order valence-electron chi connectivity index (χ0n) is 11.7. The number of hydrogen-bond acceptors (Lipinski definition) is 2. The van der Waals surface area contributed by atoms with Gasteiger partial charge < -0.3 is 4.90 Å². The zero-order chi connectivity index (χ0) is 12.7. The van der Waals surface area contributed by atoms with Crippen LogP contribution >= 0.6 is 0 Å². The second kappa shape index (κ2) is 4.84. The quantitative estimate of drug-likeness (QED) is 0.831. The molecule has 1 heterocycles. The fourth-order valence-electron chi connectivity index (χ4n) is 4.03. The summed E-state index contributed by atoms with van der Waals surface area (Å²) in [4.78, 5) is 14.6. The van der Waals surface area contributed by atoms with Crippen LogP contribution in [0.15, 0.2) is 0 Å². The summed E-state index contributed by atoms with van der Waals surface area (Å²) in [5.41, 5.74) is 0. The predicted molar refractivity (Wildman–Crippen MR) is 72.0 cm³/mol. The van der Waals surface area contributed by atoms with Gasteiger partial charge in [-0.3, -0.25) is 10.1 Å². The van der Waals surface area contributed by atoms with Gasteiger partial charge in [-0.1, -0.05) is 26.2 Å². The first-order valence-electron chi connectivity index (χ1n) is 7.80. The van der Waals surface area contributed by atoms with Gasteiger partial charge in [0.15, 0.2) is 0 Å². The molecule has 1 saturated heterocycles. The highest BCUT2D eigenvalue weighted by molar-refractivity contribution is 5.84. The van der Waals surface area contributed by atoms with E-state index in [1.54, 1.807) is 0 Å². The van der Waals surface area contributed by atoms with Crippen molar-refractivity contribution < 1.29 is 4.79 Å². The first-order chi connectivity index (χ1) is 8.72. The highest BCUT2D eigenvalue weighted by atomic mass is 16.2. The molecule has 3 fully saturated rings. The molecule has 0 aromatic rings. The molecule has 1 aliphatic heterocycles. The summed E-state index contributed by atoms with van der Waals surface area (Å²) in [5.74, 6) is 1.85. The van der Waals surface area contributed by atoms with Crippen LogP contribution in [0.5, 0.6) is 0 Å². The van der Waals surface area contributed by atoms with Crippen LogP contribution in [0.1, 0.15) is 58.8 Å². The second-order valence-electron chi connectivity index (χ2n) is 6.48. The average molecular weight is 250 g/mol. The van der Waals surface area contributed by atoms with Crippen molar-refractivity contribution in [1.82, 2.24) is 10.2 Å². The minimum Gasteiger partial charge on any atom is -0.322 e. The van der Waals surface area contributed by atoms with E-state index in [0.29, 0.717) is 24.0 Å². The molecular weight excluding hydrogens is 224 g/mol. The maximum Gasteiger partial charge on any atom is 0.240 e. The molecule has 2 aliphatic carbocycles. The van der Waals surface area contributed by atoms with Gasteiger partial charge in [-0.25, -0.2) is 0 Å². The Morgan fingerprint density at radius 2 is 2.06 bits per heavy atom. The van der Waals surface area contributed by atoms with E-state index in [0.717, 1.165) is 5.92 Å². The number of nitrogens with one attached hydrogen (secondary N) is 1. The monoisotopic (exact) mass is 250 g/mol. The van der Waals surface area contributed by atoms with Crippen molar-refractivity contribution in [3.63, 3.8) is 0 Å². The molecular formula is C15H26N2O. The molecule has 4 atom stereocenters. The largest absolute Gasteiger partial charge is 0.322 e. The highest BCUT2D eigenvalue weighted by Crippen LogP contribution is 2.44. The minimum atomic E-state index is 0.0403. The Labute approximate surface area is 110 Å². The van der Waals surface area contributed by atoms with E-state index in [1.807, 2.05) is 6.92 Å². The standard InChI is InChI=1S/C15H26N2O/c1-3-6-12-9-13(12)17-14(11-7-4-5-8-11)16-10(2)15(17)18/h10-14,16H,3-9H2,1-2H3. The van der Waals surface area contributed by atoms with Crippen LogP contribution in [-0.2, 0) is 4.79 Å². The van der Waals surface area contributed by atoms with Gasteiger partial charge in [0, 0.05) is 6.04 Å². The lowest BCUT2D eigenvalue weighted by Crippen LogP contribution is -2.44. The molecule has 2 saturated carbocycles. The average Bonchev–Trinajstić information content (AvgIpc) is 2.79. The van der Waals surface area contributed by atoms with E-state index >= 15 is 0 Å². The Bertz CT molecular complexity index is 324. The molecule has 18 heavy (non-hydrogen) atoms. The molecule has 3 aliphatic rings. The van der Waals surface area contributed by atoms with Gasteiger partial charge in [-0.05, 0) is 44.4 Å². The molecule has 0 spiro atoms. The van der Waals surface area contributed by atoms with Crippen molar-refractivity contribution >= 4 is 5.91 Å². The molecule has 0 aromatic heterocycles. The minimum absolute atomic E-state index is 0.0403. The second-order valence-corrected chi connectivity index (χ2v) is 6.48. The Morgan fingerprint density at radius 1 is 1.33 bits per heavy atom. The van der Waals surface area contributed by atoms with Crippen LogP contribution in [0.25, 0.3) is 0 Å². The van der Waals surface area contributed by atoms with Crippen LogP contribution in [0, 0.1) is 11.8 Å². The third kappa shape index (κ3) is 2.07. The van der Waals surface area contributed by atoms with E-state index in [4.69, 9.17) is 0 Å². The Hall–Kier alpha value is -0.570. The zero-order valence-corrected chi connectivity index (χ0v) is 11.7. The summed E-state index contributed by atoms with van der Waals surface area (Å²) in [6, 6.07) is 0.596. The van der Waals surface area contributed by atoms with Gasteiger partial charge in [0.25, 0.3) is 0 Å². The smallest absolute Gasteiger partial charge is 0.240 e. The van der Waals surface area contributed by atoms with Crippen molar-refractivity contribution in [3.05, 3.63) is 0 Å². The first kappa shape index (κ1) is 12.5. The molecule has 3 heteroatoms. The normalized spacial score (nSPS) is 40.8. The van der Waals surface area contributed by atoms with Crippen LogP contribution < -0.4 is 5.32 Å². The Balaban J connectivity index is 1.70. The number of hydrogen-bond donors (Lipinski definition) is 1. The number of carbonyl (C=O) groups is 1. The van der Waals surface area contributed by atoms with Crippen molar-refractivity contribution in [1.29, 1.82) is 0 Å². The lowest BCUT2D eigenvalue weighted by atomic mass is 10.0. The van der Waals surface area contributed by atoms with Gasteiger partial charge in [0.2, 0.25) is 5.91 Å². The van der Waals surface area contributed by atoms with Crippen LogP contribution in [0.4, 0.5) is 0 Å². The Morgan fingerprint density at radius 3 is 2.72 bits per heavy atom. The molecule has 3 nitrogen and oxygen atoms in total. The van der Waals surface area contributed by atoms with Gasteiger partial charge in [-0.15, -0.1) is 0 Å². The van der Waals surface area contributed by atoms with Gasteiger partial charge in [0.1, 0.15) is 0 Å². The summed E-state index contributed by atoms with van der Waals surface area (Å²) >= 11 is 0. The van der Waals surface area contributed by atoms with E-state index < -0.39 is 0 Å². The maximum atomic E-state index is 12.4. The molecule has 0 aromatic carbocycles. The molecule has 0 bridgehead atoms. The summed E-state index contributed by atoms with van der Waals surface area (Å²) in [6.45, 7) is 4.28. The fourth-order valence-corrected chi connectivity index (χ4v) is 4.03. The number of rotatable bonds is 4. The van der Waals surface area contributed by atoms with Crippen molar-refractivity contribution in [3.8, 4) is 0 Å². The van der Waals surface area contributed by atoms with Crippen molar-refractivity contribution in [2.24, 2.45) is 11.8 Å². The summed E-state index contributed by atoms with van der Waals surface area (Å²) < 4.78 is 0. The van der Waals surface area contributed by atoms with Gasteiger partial charge in [0.05, 0.1) is 12.2 Å². The third-order valence-corrected chi connectivity index (χ3v) is 5.09. The number of amides is 1. The summed E-state index contributed by atoms with van der Waals surface area (Å²) in [7, 11) is 0. The van der Waals surface area contributed by atoms with Crippen LogP contribution in [0.2, 0.25) is 0 Å². The number of carbonyl (C=O) groups excluding carboxylic acids is 1. The van der Waals surface area contributed by atoms with Crippen LogP contribution in [0.3, 0.4) is 0 Å². The number of nitrogens with zero attached hydrogens (tertiary/aromatic N) is 1. The van der Waals surface area contributed by atoms with Gasteiger partial charge >= 0.3 is 0 Å². The topological polar surface area (TPSA) is 32.3 Å². The van der Waals surface area contributed by atoms with E-state index in [-0.39, 0.29) is 6.04 Å². The van der Waals surface area contributed by atoms with E-state index in [9.17, 15) is 4.79 Å². The van der Waals surface area contributed by atoms with Crippen molar-refractivity contribution in [2.45, 2.75) is 77.0 Å².